The molecule has 6 nitrogen and oxygen atoms in total. The second-order valence-corrected chi connectivity index (χ2v) is 7.42. The Morgan fingerprint density at radius 3 is 2.74 bits per heavy atom. The van der Waals surface area contributed by atoms with Crippen molar-refractivity contribution in [3.05, 3.63) is 51.6 Å². The van der Waals surface area contributed by atoms with E-state index in [0.717, 1.165) is 18.4 Å². The Labute approximate surface area is 166 Å². The van der Waals surface area contributed by atoms with Gasteiger partial charge in [0.1, 0.15) is 16.6 Å². The Kier molecular flexibility index (Phi) is 4.93. The molecule has 1 unspecified atom stereocenters. The van der Waals surface area contributed by atoms with E-state index in [4.69, 9.17) is 27.9 Å². The summed E-state index contributed by atoms with van der Waals surface area (Å²) in [5.74, 6) is 0.641. The molecule has 0 bridgehead atoms. The molecule has 1 atom stereocenters. The Morgan fingerprint density at radius 1 is 1.15 bits per heavy atom. The SMILES string of the molecule is O=C(NC1CCOc2c1ccc(Cl)c2Cl)c1ccnc(NC(=O)C2CC2)c1. The minimum Gasteiger partial charge on any atom is -0.492 e. The van der Waals surface area contributed by atoms with Gasteiger partial charge in [0.05, 0.1) is 17.7 Å². The molecule has 8 heteroatoms. The molecule has 2 heterocycles. The highest BCUT2D eigenvalue weighted by Crippen LogP contribution is 2.41. The van der Waals surface area contributed by atoms with E-state index < -0.39 is 0 Å². The van der Waals surface area contributed by atoms with Crippen LogP contribution in [0.15, 0.2) is 30.5 Å². The molecule has 2 N–H and O–H groups in total. The summed E-state index contributed by atoms with van der Waals surface area (Å²) in [4.78, 5) is 28.7. The van der Waals surface area contributed by atoms with Crippen LogP contribution in [0.3, 0.4) is 0 Å². The van der Waals surface area contributed by atoms with Gasteiger partial charge in [-0.2, -0.15) is 0 Å². The summed E-state index contributed by atoms with van der Waals surface area (Å²) in [5, 5.41) is 6.50. The monoisotopic (exact) mass is 405 g/mol. The molecule has 1 aliphatic heterocycles. The number of hydrogen-bond donors (Lipinski definition) is 2. The van der Waals surface area contributed by atoms with E-state index in [2.05, 4.69) is 15.6 Å². The van der Waals surface area contributed by atoms with Gasteiger partial charge in [-0.1, -0.05) is 29.3 Å². The van der Waals surface area contributed by atoms with E-state index in [0.29, 0.717) is 40.2 Å². The normalized spacial score (nSPS) is 18.2. The third-order valence-corrected chi connectivity index (χ3v) is 5.42. The number of rotatable bonds is 4. The van der Waals surface area contributed by atoms with Crippen molar-refractivity contribution < 1.29 is 14.3 Å². The zero-order chi connectivity index (χ0) is 19.0. The molecule has 1 aromatic heterocycles. The summed E-state index contributed by atoms with van der Waals surface area (Å²) in [6.07, 6.45) is 3.93. The molecule has 1 aromatic carbocycles. The topological polar surface area (TPSA) is 80.3 Å². The number of carbonyl (C=O) groups excluding carboxylic acids is 2. The molecule has 0 saturated heterocycles. The summed E-state index contributed by atoms with van der Waals surface area (Å²) in [6, 6.07) is 6.44. The molecule has 0 spiro atoms. The summed E-state index contributed by atoms with van der Waals surface area (Å²) in [7, 11) is 0. The number of fused-ring (bicyclic) bond motifs is 1. The second kappa shape index (κ2) is 7.37. The van der Waals surface area contributed by atoms with Crippen LogP contribution < -0.4 is 15.4 Å². The van der Waals surface area contributed by atoms with Crippen LogP contribution in [0.5, 0.6) is 5.75 Å². The van der Waals surface area contributed by atoms with Crippen molar-refractivity contribution in [1.82, 2.24) is 10.3 Å². The van der Waals surface area contributed by atoms with Crippen molar-refractivity contribution in [1.29, 1.82) is 0 Å². The molecule has 4 rings (SSSR count). The molecule has 0 radical (unpaired) electrons. The van der Waals surface area contributed by atoms with Gasteiger partial charge in [0.25, 0.3) is 5.91 Å². The van der Waals surface area contributed by atoms with E-state index in [1.54, 1.807) is 18.2 Å². The smallest absolute Gasteiger partial charge is 0.251 e. The fourth-order valence-electron chi connectivity index (χ4n) is 3.01. The van der Waals surface area contributed by atoms with Crippen LogP contribution in [0.1, 0.15) is 41.2 Å². The van der Waals surface area contributed by atoms with Gasteiger partial charge < -0.3 is 15.4 Å². The van der Waals surface area contributed by atoms with Gasteiger partial charge in [0, 0.05) is 29.7 Å². The molecule has 1 fully saturated rings. The van der Waals surface area contributed by atoms with Crippen LogP contribution in [-0.2, 0) is 4.79 Å². The predicted octanol–water partition coefficient (Wildman–Crippen LogP) is 3.99. The molecule has 1 aliphatic carbocycles. The third kappa shape index (κ3) is 3.87. The quantitative estimate of drug-likeness (QED) is 0.805. The van der Waals surface area contributed by atoms with Crippen molar-refractivity contribution >= 4 is 40.8 Å². The highest BCUT2D eigenvalue weighted by atomic mass is 35.5. The molecular formula is C19H17Cl2N3O3. The van der Waals surface area contributed by atoms with Crippen molar-refractivity contribution in [3.63, 3.8) is 0 Å². The molecule has 2 aliphatic rings. The average Bonchev–Trinajstić information content (AvgIpc) is 3.51. The summed E-state index contributed by atoms with van der Waals surface area (Å²) < 4.78 is 5.62. The number of hydrogen-bond acceptors (Lipinski definition) is 4. The Morgan fingerprint density at radius 2 is 1.96 bits per heavy atom. The fourth-order valence-corrected chi connectivity index (χ4v) is 3.38. The number of carbonyl (C=O) groups is 2. The lowest BCUT2D eigenvalue weighted by Crippen LogP contribution is -2.32. The molecule has 2 amide bonds. The number of nitrogens with one attached hydrogen (secondary N) is 2. The van der Waals surface area contributed by atoms with E-state index in [1.165, 1.54) is 6.20 Å². The number of nitrogens with zero attached hydrogens (tertiary/aromatic N) is 1. The lowest BCUT2D eigenvalue weighted by Gasteiger charge is -2.27. The van der Waals surface area contributed by atoms with Gasteiger partial charge in [0.15, 0.2) is 0 Å². The van der Waals surface area contributed by atoms with E-state index in [1.807, 2.05) is 6.07 Å². The molecule has 27 heavy (non-hydrogen) atoms. The van der Waals surface area contributed by atoms with Gasteiger partial charge >= 0.3 is 0 Å². The van der Waals surface area contributed by atoms with Crippen LogP contribution in [0.25, 0.3) is 0 Å². The van der Waals surface area contributed by atoms with Gasteiger partial charge in [-0.05, 0) is 31.0 Å². The number of anilines is 1. The van der Waals surface area contributed by atoms with E-state index in [-0.39, 0.29) is 23.8 Å². The Hall–Kier alpha value is -2.31. The van der Waals surface area contributed by atoms with Crippen molar-refractivity contribution in [3.8, 4) is 5.75 Å². The Bertz CT molecular complexity index is 915. The number of aromatic nitrogens is 1. The lowest BCUT2D eigenvalue weighted by molar-refractivity contribution is -0.117. The first-order valence-corrected chi connectivity index (χ1v) is 9.47. The lowest BCUT2D eigenvalue weighted by atomic mass is 10.00. The van der Waals surface area contributed by atoms with Crippen molar-refractivity contribution in [2.45, 2.75) is 25.3 Å². The molecule has 2 aromatic rings. The zero-order valence-electron chi connectivity index (χ0n) is 14.3. The Balaban J connectivity index is 1.50. The van der Waals surface area contributed by atoms with Gasteiger partial charge in [0.2, 0.25) is 5.91 Å². The van der Waals surface area contributed by atoms with Gasteiger partial charge in [-0.25, -0.2) is 4.98 Å². The maximum absolute atomic E-state index is 12.7. The van der Waals surface area contributed by atoms with E-state index in [9.17, 15) is 9.59 Å². The summed E-state index contributed by atoms with van der Waals surface area (Å²) >= 11 is 12.3. The number of amides is 2. The largest absolute Gasteiger partial charge is 0.492 e. The van der Waals surface area contributed by atoms with Crippen LogP contribution in [0, 0.1) is 5.92 Å². The fraction of sp³-hybridized carbons (Fsp3) is 0.316. The second-order valence-electron chi connectivity index (χ2n) is 6.64. The first kappa shape index (κ1) is 18.1. The van der Waals surface area contributed by atoms with Crippen LogP contribution in [0.2, 0.25) is 10.0 Å². The van der Waals surface area contributed by atoms with Gasteiger partial charge in [-0.3, -0.25) is 9.59 Å². The number of benzene rings is 1. The zero-order valence-corrected chi connectivity index (χ0v) is 15.8. The minimum absolute atomic E-state index is 0.0510. The van der Waals surface area contributed by atoms with E-state index >= 15 is 0 Å². The van der Waals surface area contributed by atoms with Crippen molar-refractivity contribution in [2.24, 2.45) is 5.92 Å². The summed E-state index contributed by atoms with van der Waals surface area (Å²) in [5.41, 5.74) is 1.21. The maximum Gasteiger partial charge on any atom is 0.251 e. The van der Waals surface area contributed by atoms with Crippen LogP contribution in [-0.4, -0.2) is 23.4 Å². The average molecular weight is 406 g/mol. The number of halogens is 2. The highest BCUT2D eigenvalue weighted by molar-refractivity contribution is 6.43. The maximum atomic E-state index is 12.7. The summed E-state index contributed by atoms with van der Waals surface area (Å²) in [6.45, 7) is 0.428. The standard InChI is InChI=1S/C19H17Cl2N3O3/c20-13-4-3-12-14(6-8-27-17(12)16(13)21)23-19(26)11-5-7-22-15(9-11)24-18(25)10-1-2-10/h3-5,7,9-10,14H,1-2,6,8H2,(H,23,26)(H,22,24,25). The molecule has 140 valence electrons. The first-order chi connectivity index (χ1) is 13.0. The van der Waals surface area contributed by atoms with Crippen LogP contribution in [0.4, 0.5) is 5.82 Å². The molecular weight excluding hydrogens is 389 g/mol. The van der Waals surface area contributed by atoms with Crippen LogP contribution >= 0.6 is 23.2 Å². The number of pyridine rings is 1. The minimum atomic E-state index is -0.261. The van der Waals surface area contributed by atoms with Gasteiger partial charge in [-0.15, -0.1) is 0 Å². The number of ether oxygens (including phenoxy) is 1. The molecule has 1 saturated carbocycles. The third-order valence-electron chi connectivity index (χ3n) is 4.64. The predicted molar refractivity (Wildman–Crippen MR) is 102 cm³/mol. The highest BCUT2D eigenvalue weighted by Gasteiger charge is 2.30. The van der Waals surface area contributed by atoms with Crippen molar-refractivity contribution in [2.75, 3.05) is 11.9 Å². The first-order valence-electron chi connectivity index (χ1n) is 8.71.